The Balaban J connectivity index is 2.26. The van der Waals surface area contributed by atoms with E-state index in [-0.39, 0.29) is 0 Å². The Morgan fingerprint density at radius 2 is 1.12 bits per heavy atom. The summed E-state index contributed by atoms with van der Waals surface area (Å²) in [5.74, 6) is 0. The molecule has 4 aromatic rings. The fourth-order valence-electron chi connectivity index (χ4n) is 3.90. The number of hydrogen-bond donors (Lipinski definition) is 0. The monoisotopic (exact) mass is 330 g/mol. The quantitative estimate of drug-likeness (QED) is 0.351. The van der Waals surface area contributed by atoms with Gasteiger partial charge in [-0.2, -0.15) is 0 Å². The van der Waals surface area contributed by atoms with Crippen molar-refractivity contribution < 1.29 is 4.43 Å². The van der Waals surface area contributed by atoms with E-state index in [9.17, 15) is 0 Å². The average molecular weight is 331 g/mol. The fourth-order valence-corrected chi connectivity index (χ4v) is 6.14. The van der Waals surface area contributed by atoms with Gasteiger partial charge >= 0.3 is 0 Å². The van der Waals surface area contributed by atoms with Crippen molar-refractivity contribution in [3.63, 3.8) is 0 Å². The van der Waals surface area contributed by atoms with Gasteiger partial charge in [0.05, 0.1) is 0 Å². The van der Waals surface area contributed by atoms with Crippen LogP contribution in [0.2, 0.25) is 13.1 Å². The predicted octanol–water partition coefficient (Wildman–Crippen LogP) is 5.59. The van der Waals surface area contributed by atoms with Crippen LogP contribution in [0.4, 0.5) is 0 Å². The first kappa shape index (κ1) is 15.4. The maximum absolute atomic E-state index is 6.22. The summed E-state index contributed by atoms with van der Waals surface area (Å²) in [6, 6.07) is 24.2. The number of hydrogen-bond acceptors (Lipinski definition) is 1. The van der Waals surface area contributed by atoms with Crippen LogP contribution in [-0.4, -0.2) is 14.9 Å². The minimum Gasteiger partial charge on any atom is -0.413 e. The minimum atomic E-state index is -1.95. The van der Waals surface area contributed by atoms with E-state index in [1.165, 1.54) is 37.5 Å². The van der Waals surface area contributed by atoms with Crippen molar-refractivity contribution in [3.05, 3.63) is 66.7 Å². The lowest BCUT2D eigenvalue weighted by atomic mass is 9.94. The van der Waals surface area contributed by atoms with Gasteiger partial charge < -0.3 is 4.43 Å². The molecule has 4 aromatic carbocycles. The van der Waals surface area contributed by atoms with E-state index in [4.69, 9.17) is 4.43 Å². The second-order valence-electron chi connectivity index (χ2n) is 6.76. The third-order valence-corrected chi connectivity index (χ3v) is 7.65. The van der Waals surface area contributed by atoms with Crippen LogP contribution in [0.3, 0.4) is 0 Å². The molecule has 0 fully saturated rings. The van der Waals surface area contributed by atoms with Crippen LogP contribution in [0.15, 0.2) is 66.7 Å². The number of benzene rings is 4. The van der Waals surface area contributed by atoms with Crippen molar-refractivity contribution in [1.29, 1.82) is 0 Å². The lowest BCUT2D eigenvalue weighted by Crippen LogP contribution is -2.45. The summed E-state index contributed by atoms with van der Waals surface area (Å²) in [6.45, 7) is 7.46. The van der Waals surface area contributed by atoms with Crippen LogP contribution >= 0.6 is 0 Å². The molecule has 120 valence electrons. The molecule has 0 amide bonds. The first-order valence-electron chi connectivity index (χ1n) is 8.60. The standard InChI is InChI=1S/C22H22OSi/c1-4-23-24(2,3)21-15-9-14-20-18-11-6-5-10-16(18)17-12-7-8-13-19(17)22(20)21/h5-15H,4H2,1-3H3. The summed E-state index contributed by atoms with van der Waals surface area (Å²) in [7, 11) is -1.95. The molecule has 0 aliphatic rings. The van der Waals surface area contributed by atoms with Crippen LogP contribution in [0.25, 0.3) is 32.3 Å². The molecular formula is C22H22OSi. The van der Waals surface area contributed by atoms with E-state index in [1.807, 2.05) is 0 Å². The van der Waals surface area contributed by atoms with E-state index in [0.29, 0.717) is 0 Å². The number of fused-ring (bicyclic) bond motifs is 6. The molecule has 4 rings (SSSR count). The topological polar surface area (TPSA) is 9.23 Å². The third kappa shape index (κ3) is 2.26. The highest BCUT2D eigenvalue weighted by molar-refractivity contribution is 6.86. The van der Waals surface area contributed by atoms with E-state index in [1.54, 1.807) is 0 Å². The fraction of sp³-hybridized carbons (Fsp3) is 0.182. The average Bonchev–Trinajstić information content (AvgIpc) is 2.61. The molecule has 0 N–H and O–H groups in total. The van der Waals surface area contributed by atoms with Crippen molar-refractivity contribution in [2.45, 2.75) is 20.0 Å². The molecule has 0 saturated heterocycles. The zero-order valence-corrected chi connectivity index (χ0v) is 15.5. The van der Waals surface area contributed by atoms with Crippen LogP contribution in [-0.2, 0) is 4.43 Å². The van der Waals surface area contributed by atoms with Gasteiger partial charge in [-0.25, -0.2) is 0 Å². The normalized spacial score (nSPS) is 12.3. The van der Waals surface area contributed by atoms with Crippen LogP contribution in [0.5, 0.6) is 0 Å². The Hall–Kier alpha value is -2.16. The Kier molecular flexibility index (Phi) is 3.67. The molecule has 0 aliphatic heterocycles. The molecule has 24 heavy (non-hydrogen) atoms. The summed E-state index contributed by atoms with van der Waals surface area (Å²) < 4.78 is 6.22. The largest absolute Gasteiger partial charge is 0.413 e. The maximum atomic E-state index is 6.22. The van der Waals surface area contributed by atoms with Crippen molar-refractivity contribution in [2.24, 2.45) is 0 Å². The molecule has 0 unspecified atom stereocenters. The highest BCUT2D eigenvalue weighted by atomic mass is 28.4. The molecule has 0 aromatic heterocycles. The van der Waals surface area contributed by atoms with Crippen LogP contribution in [0, 0.1) is 0 Å². The molecule has 0 aliphatic carbocycles. The van der Waals surface area contributed by atoms with E-state index in [2.05, 4.69) is 86.7 Å². The Morgan fingerprint density at radius 1 is 0.667 bits per heavy atom. The second-order valence-corrected chi connectivity index (χ2v) is 10.6. The minimum absolute atomic E-state index is 0.765. The van der Waals surface area contributed by atoms with Crippen LogP contribution in [0.1, 0.15) is 6.92 Å². The second kappa shape index (κ2) is 5.73. The van der Waals surface area contributed by atoms with E-state index < -0.39 is 8.32 Å². The first-order chi connectivity index (χ1) is 11.6. The zero-order chi connectivity index (χ0) is 16.7. The summed E-state index contributed by atoms with van der Waals surface area (Å²) in [5.41, 5.74) is 0. The van der Waals surface area contributed by atoms with Crippen molar-refractivity contribution >= 4 is 45.8 Å². The van der Waals surface area contributed by atoms with Crippen molar-refractivity contribution in [2.75, 3.05) is 6.61 Å². The zero-order valence-electron chi connectivity index (χ0n) is 14.5. The third-order valence-electron chi connectivity index (χ3n) is 4.92. The molecule has 0 saturated carbocycles. The van der Waals surface area contributed by atoms with Gasteiger partial charge in [-0.1, -0.05) is 66.7 Å². The number of rotatable bonds is 3. The Morgan fingerprint density at radius 3 is 1.67 bits per heavy atom. The van der Waals surface area contributed by atoms with Gasteiger partial charge in [-0.3, -0.25) is 0 Å². The molecule has 0 spiro atoms. The smallest absolute Gasteiger partial charge is 0.218 e. The SMILES string of the molecule is CCO[Si](C)(C)c1cccc2c3ccccc3c3ccccc3c12. The molecule has 0 radical (unpaired) electrons. The molecule has 1 nitrogen and oxygen atoms in total. The summed E-state index contributed by atoms with van der Waals surface area (Å²) >= 11 is 0. The van der Waals surface area contributed by atoms with Gasteiger partial charge in [0.25, 0.3) is 0 Å². The van der Waals surface area contributed by atoms with E-state index in [0.717, 1.165) is 6.61 Å². The van der Waals surface area contributed by atoms with Gasteiger partial charge in [0.15, 0.2) is 0 Å². The molecular weight excluding hydrogens is 308 g/mol. The van der Waals surface area contributed by atoms with Gasteiger partial charge in [0.1, 0.15) is 0 Å². The molecule has 0 bridgehead atoms. The van der Waals surface area contributed by atoms with Gasteiger partial charge in [0.2, 0.25) is 8.32 Å². The Labute approximate surface area is 144 Å². The summed E-state index contributed by atoms with van der Waals surface area (Å²) in [4.78, 5) is 0. The van der Waals surface area contributed by atoms with Crippen LogP contribution < -0.4 is 5.19 Å². The lowest BCUT2D eigenvalue weighted by molar-refractivity contribution is 0.339. The molecule has 0 heterocycles. The highest BCUT2D eigenvalue weighted by Gasteiger charge is 2.28. The highest BCUT2D eigenvalue weighted by Crippen LogP contribution is 2.34. The molecule has 0 atom stereocenters. The lowest BCUT2D eigenvalue weighted by Gasteiger charge is -2.25. The van der Waals surface area contributed by atoms with E-state index >= 15 is 0 Å². The summed E-state index contributed by atoms with van der Waals surface area (Å²) in [5, 5.41) is 9.42. The van der Waals surface area contributed by atoms with Crippen molar-refractivity contribution in [1.82, 2.24) is 0 Å². The van der Waals surface area contributed by atoms with Gasteiger partial charge in [0, 0.05) is 6.61 Å². The first-order valence-corrected chi connectivity index (χ1v) is 11.5. The molecule has 2 heteroatoms. The summed E-state index contributed by atoms with van der Waals surface area (Å²) in [6.07, 6.45) is 0. The van der Waals surface area contributed by atoms with Gasteiger partial charge in [-0.15, -0.1) is 0 Å². The maximum Gasteiger partial charge on any atom is 0.218 e. The van der Waals surface area contributed by atoms with Crippen molar-refractivity contribution in [3.8, 4) is 0 Å². The predicted molar refractivity (Wildman–Crippen MR) is 108 cm³/mol. The Bertz CT molecular complexity index is 1000. The van der Waals surface area contributed by atoms with Gasteiger partial charge in [-0.05, 0) is 57.5 Å².